The minimum absolute atomic E-state index is 0.141. The first kappa shape index (κ1) is 15.2. The standard InChI is InChI=1S/C16H27NO/c1-13(2)15-8-6-14(7-9-15)10-11-17(5)16(3,4)12-18/h6-9,13,18H,10-12H2,1-5H3. The van der Waals surface area contributed by atoms with Crippen LogP contribution in [0.1, 0.15) is 44.7 Å². The van der Waals surface area contributed by atoms with Crippen molar-refractivity contribution in [3.63, 3.8) is 0 Å². The van der Waals surface area contributed by atoms with Gasteiger partial charge < -0.3 is 5.11 Å². The molecule has 0 saturated carbocycles. The fourth-order valence-electron chi connectivity index (χ4n) is 1.79. The van der Waals surface area contributed by atoms with Crippen LogP contribution in [0.15, 0.2) is 24.3 Å². The highest BCUT2D eigenvalue weighted by molar-refractivity contribution is 5.24. The van der Waals surface area contributed by atoms with E-state index in [0.717, 1.165) is 13.0 Å². The van der Waals surface area contributed by atoms with Crippen molar-refractivity contribution in [3.05, 3.63) is 35.4 Å². The number of hydrogen-bond acceptors (Lipinski definition) is 2. The summed E-state index contributed by atoms with van der Waals surface area (Å²) in [6.07, 6.45) is 1.03. The highest BCUT2D eigenvalue weighted by Gasteiger charge is 2.21. The maximum absolute atomic E-state index is 9.32. The number of nitrogens with zero attached hydrogens (tertiary/aromatic N) is 1. The first-order chi connectivity index (χ1) is 8.36. The topological polar surface area (TPSA) is 23.5 Å². The summed E-state index contributed by atoms with van der Waals surface area (Å²) in [5, 5.41) is 9.32. The summed E-state index contributed by atoms with van der Waals surface area (Å²) >= 11 is 0. The van der Waals surface area contributed by atoms with Gasteiger partial charge in [0.25, 0.3) is 0 Å². The largest absolute Gasteiger partial charge is 0.394 e. The summed E-state index contributed by atoms with van der Waals surface area (Å²) < 4.78 is 0. The lowest BCUT2D eigenvalue weighted by Gasteiger charge is -2.33. The first-order valence-corrected chi connectivity index (χ1v) is 6.78. The van der Waals surface area contributed by atoms with Crippen molar-refractivity contribution in [2.45, 2.75) is 45.6 Å². The zero-order valence-electron chi connectivity index (χ0n) is 12.4. The normalized spacial score (nSPS) is 12.4. The molecule has 0 atom stereocenters. The molecule has 1 aromatic carbocycles. The SMILES string of the molecule is CC(C)c1ccc(CCN(C)C(C)(C)CO)cc1. The summed E-state index contributed by atoms with van der Waals surface area (Å²) in [6.45, 7) is 9.72. The van der Waals surface area contributed by atoms with Crippen LogP contribution in [0.4, 0.5) is 0 Å². The second-order valence-electron chi connectivity index (χ2n) is 6.04. The fraction of sp³-hybridized carbons (Fsp3) is 0.625. The zero-order chi connectivity index (χ0) is 13.8. The van der Waals surface area contributed by atoms with Crippen molar-refractivity contribution < 1.29 is 5.11 Å². The van der Waals surface area contributed by atoms with Crippen LogP contribution in [0.25, 0.3) is 0 Å². The summed E-state index contributed by atoms with van der Waals surface area (Å²) in [4.78, 5) is 2.21. The summed E-state index contributed by atoms with van der Waals surface area (Å²) in [5.74, 6) is 0.593. The predicted octanol–water partition coefficient (Wildman–Crippen LogP) is 3.06. The van der Waals surface area contributed by atoms with Crippen molar-refractivity contribution >= 4 is 0 Å². The molecule has 1 aromatic rings. The molecule has 0 aliphatic heterocycles. The Kier molecular flexibility index (Phi) is 5.36. The Morgan fingerprint density at radius 1 is 1.17 bits per heavy atom. The quantitative estimate of drug-likeness (QED) is 0.837. The Hall–Kier alpha value is -0.860. The zero-order valence-corrected chi connectivity index (χ0v) is 12.4. The van der Waals surface area contributed by atoms with Crippen LogP contribution in [0.2, 0.25) is 0 Å². The molecular formula is C16H27NO. The Labute approximate surface area is 112 Å². The van der Waals surface area contributed by atoms with E-state index in [2.05, 4.69) is 63.9 Å². The molecule has 0 aliphatic rings. The highest BCUT2D eigenvalue weighted by Crippen LogP contribution is 2.16. The van der Waals surface area contributed by atoms with Crippen molar-refractivity contribution in [2.75, 3.05) is 20.2 Å². The van der Waals surface area contributed by atoms with Gasteiger partial charge in [-0.1, -0.05) is 38.1 Å². The maximum atomic E-state index is 9.32. The van der Waals surface area contributed by atoms with E-state index in [1.165, 1.54) is 11.1 Å². The molecule has 2 heteroatoms. The molecule has 0 heterocycles. The van der Waals surface area contributed by atoms with Gasteiger partial charge in [0, 0.05) is 12.1 Å². The molecule has 0 unspecified atom stereocenters. The minimum Gasteiger partial charge on any atom is -0.394 e. The molecule has 0 spiro atoms. The monoisotopic (exact) mass is 249 g/mol. The van der Waals surface area contributed by atoms with Gasteiger partial charge in [0.2, 0.25) is 0 Å². The number of rotatable bonds is 6. The molecule has 0 aromatic heterocycles. The molecule has 0 fully saturated rings. The number of aliphatic hydroxyl groups is 1. The van der Waals surface area contributed by atoms with Crippen LogP contribution in [0.3, 0.4) is 0 Å². The van der Waals surface area contributed by atoms with E-state index < -0.39 is 0 Å². The summed E-state index contributed by atoms with van der Waals surface area (Å²) in [7, 11) is 2.07. The van der Waals surface area contributed by atoms with Crippen LogP contribution >= 0.6 is 0 Å². The second kappa shape index (κ2) is 6.35. The van der Waals surface area contributed by atoms with Crippen molar-refractivity contribution in [2.24, 2.45) is 0 Å². The number of likely N-dealkylation sites (N-methyl/N-ethyl adjacent to an activating group) is 1. The smallest absolute Gasteiger partial charge is 0.0609 e. The molecule has 1 N–H and O–H groups in total. The second-order valence-corrected chi connectivity index (χ2v) is 6.04. The molecule has 0 radical (unpaired) electrons. The van der Waals surface area contributed by atoms with Gasteiger partial charge in [0.05, 0.1) is 6.61 Å². The van der Waals surface area contributed by atoms with Gasteiger partial charge in [-0.05, 0) is 44.4 Å². The van der Waals surface area contributed by atoms with E-state index in [9.17, 15) is 5.11 Å². The molecule has 102 valence electrons. The Bertz CT molecular complexity index is 354. The predicted molar refractivity (Wildman–Crippen MR) is 78.0 cm³/mol. The van der Waals surface area contributed by atoms with E-state index >= 15 is 0 Å². The molecule has 18 heavy (non-hydrogen) atoms. The van der Waals surface area contributed by atoms with Gasteiger partial charge in [-0.2, -0.15) is 0 Å². The van der Waals surface area contributed by atoms with Crippen LogP contribution in [-0.2, 0) is 6.42 Å². The van der Waals surface area contributed by atoms with Gasteiger partial charge in [0.1, 0.15) is 0 Å². The minimum atomic E-state index is -0.141. The van der Waals surface area contributed by atoms with E-state index in [0.29, 0.717) is 5.92 Å². The molecule has 0 aliphatic carbocycles. The van der Waals surface area contributed by atoms with Gasteiger partial charge in [0.15, 0.2) is 0 Å². The van der Waals surface area contributed by atoms with Gasteiger partial charge in [-0.25, -0.2) is 0 Å². The molecule has 0 saturated heterocycles. The summed E-state index contributed by atoms with van der Waals surface area (Å²) in [5.41, 5.74) is 2.61. The average Bonchev–Trinajstić information content (AvgIpc) is 2.36. The highest BCUT2D eigenvalue weighted by atomic mass is 16.3. The average molecular weight is 249 g/mol. The Morgan fingerprint density at radius 3 is 2.17 bits per heavy atom. The Balaban J connectivity index is 2.54. The molecular weight excluding hydrogens is 222 g/mol. The molecule has 1 rings (SSSR count). The van der Waals surface area contributed by atoms with Crippen molar-refractivity contribution in [3.8, 4) is 0 Å². The lowest BCUT2D eigenvalue weighted by Crippen LogP contribution is -2.45. The molecule has 0 bridgehead atoms. The van der Waals surface area contributed by atoms with E-state index in [1.807, 2.05) is 0 Å². The van der Waals surface area contributed by atoms with Crippen molar-refractivity contribution in [1.82, 2.24) is 4.90 Å². The maximum Gasteiger partial charge on any atom is 0.0609 e. The first-order valence-electron chi connectivity index (χ1n) is 6.78. The lowest BCUT2D eigenvalue weighted by molar-refractivity contribution is 0.0801. The fourth-order valence-corrected chi connectivity index (χ4v) is 1.79. The van der Waals surface area contributed by atoms with E-state index in [-0.39, 0.29) is 12.1 Å². The van der Waals surface area contributed by atoms with Gasteiger partial charge in [-0.15, -0.1) is 0 Å². The lowest BCUT2D eigenvalue weighted by atomic mass is 10.00. The Morgan fingerprint density at radius 2 is 1.72 bits per heavy atom. The summed E-state index contributed by atoms with van der Waals surface area (Å²) in [6, 6.07) is 8.87. The van der Waals surface area contributed by atoms with Crippen LogP contribution < -0.4 is 0 Å². The third-order valence-corrected chi connectivity index (χ3v) is 3.80. The third-order valence-electron chi connectivity index (χ3n) is 3.80. The van der Waals surface area contributed by atoms with Crippen LogP contribution in [0.5, 0.6) is 0 Å². The van der Waals surface area contributed by atoms with Crippen LogP contribution in [-0.4, -0.2) is 35.7 Å². The van der Waals surface area contributed by atoms with Gasteiger partial charge in [-0.3, -0.25) is 4.90 Å². The third kappa shape index (κ3) is 4.11. The molecule has 0 amide bonds. The number of benzene rings is 1. The number of aliphatic hydroxyl groups excluding tert-OH is 1. The number of hydrogen-bond donors (Lipinski definition) is 1. The van der Waals surface area contributed by atoms with Gasteiger partial charge >= 0.3 is 0 Å². The van der Waals surface area contributed by atoms with Crippen LogP contribution in [0, 0.1) is 0 Å². The van der Waals surface area contributed by atoms with E-state index in [4.69, 9.17) is 0 Å². The molecule has 2 nitrogen and oxygen atoms in total. The van der Waals surface area contributed by atoms with E-state index in [1.54, 1.807) is 0 Å². The van der Waals surface area contributed by atoms with Crippen molar-refractivity contribution in [1.29, 1.82) is 0 Å².